The van der Waals surface area contributed by atoms with Crippen molar-refractivity contribution in [1.29, 1.82) is 0 Å². The Hall–Kier alpha value is -2.37. The first-order valence-corrected chi connectivity index (χ1v) is 6.63. The lowest BCUT2D eigenvalue weighted by Crippen LogP contribution is -2.36. The Balaban J connectivity index is 2.47. The Morgan fingerprint density at radius 2 is 2.10 bits per heavy atom. The van der Waals surface area contributed by atoms with Crippen LogP contribution in [0.3, 0.4) is 0 Å². The van der Waals surface area contributed by atoms with Crippen molar-refractivity contribution in [3.8, 4) is 5.75 Å². The first-order valence-electron chi connectivity index (χ1n) is 6.63. The van der Waals surface area contributed by atoms with E-state index >= 15 is 0 Å². The zero-order chi connectivity index (χ0) is 15.7. The van der Waals surface area contributed by atoms with Crippen LogP contribution in [0.5, 0.6) is 5.75 Å². The molecule has 2 N–H and O–H groups in total. The zero-order valence-electron chi connectivity index (χ0n) is 12.1. The molecule has 0 saturated carbocycles. The third-order valence-corrected chi connectivity index (χ3v) is 2.60. The molecule has 0 aliphatic carbocycles. The van der Waals surface area contributed by atoms with Gasteiger partial charge in [-0.2, -0.15) is 0 Å². The fourth-order valence-electron chi connectivity index (χ4n) is 1.51. The largest absolute Gasteiger partial charge is 0.494 e. The second kappa shape index (κ2) is 8.73. The van der Waals surface area contributed by atoms with Gasteiger partial charge in [-0.1, -0.05) is 13.0 Å². The molecule has 0 bridgehead atoms. The molecule has 21 heavy (non-hydrogen) atoms. The highest BCUT2D eigenvalue weighted by Gasteiger charge is 2.03. The van der Waals surface area contributed by atoms with Gasteiger partial charge in [-0.15, -0.1) is 0 Å². The highest BCUT2D eigenvalue weighted by Crippen LogP contribution is 2.18. The number of halogens is 1. The van der Waals surface area contributed by atoms with Gasteiger partial charge in [-0.3, -0.25) is 9.59 Å². The number of nitrogens with one attached hydrogen (secondary N) is 2. The molecule has 0 atom stereocenters. The molecule has 0 aliphatic heterocycles. The summed E-state index contributed by atoms with van der Waals surface area (Å²) in [6.07, 6.45) is 3.54. The van der Waals surface area contributed by atoms with E-state index in [1.807, 2.05) is 6.92 Å². The van der Waals surface area contributed by atoms with Crippen LogP contribution in [0.2, 0.25) is 0 Å². The molecule has 2 amide bonds. The minimum absolute atomic E-state index is 0.0832. The number of rotatable bonds is 7. The lowest BCUT2D eigenvalue weighted by molar-refractivity contribution is -0.123. The highest BCUT2D eigenvalue weighted by molar-refractivity contribution is 5.94. The summed E-state index contributed by atoms with van der Waals surface area (Å²) in [5, 5.41) is 5.08. The Labute approximate surface area is 123 Å². The van der Waals surface area contributed by atoms with Gasteiger partial charge in [0.1, 0.15) is 0 Å². The lowest BCUT2D eigenvalue weighted by atomic mass is 10.2. The molecule has 1 rings (SSSR count). The Bertz CT molecular complexity index is 530. The monoisotopic (exact) mass is 294 g/mol. The normalized spacial score (nSPS) is 10.4. The molecule has 1 aromatic rings. The smallest absolute Gasteiger partial charge is 0.244 e. The molecule has 0 saturated heterocycles. The van der Waals surface area contributed by atoms with Gasteiger partial charge in [0.25, 0.3) is 0 Å². The quantitative estimate of drug-likeness (QED) is 0.749. The Kier molecular flexibility index (Phi) is 6.94. The maximum atomic E-state index is 13.4. The van der Waals surface area contributed by atoms with Crippen LogP contribution >= 0.6 is 0 Å². The SMILES string of the molecule is CCCNC(=O)CNC(=O)/C=C/c1ccc(OC)c(F)c1. The maximum Gasteiger partial charge on any atom is 0.244 e. The van der Waals surface area contributed by atoms with E-state index in [-0.39, 0.29) is 18.2 Å². The van der Waals surface area contributed by atoms with E-state index in [4.69, 9.17) is 4.74 Å². The third kappa shape index (κ3) is 6.07. The Morgan fingerprint density at radius 3 is 2.71 bits per heavy atom. The van der Waals surface area contributed by atoms with Crippen LogP contribution in [0.25, 0.3) is 6.08 Å². The summed E-state index contributed by atoms with van der Waals surface area (Å²) in [5.74, 6) is -1.02. The topological polar surface area (TPSA) is 67.4 Å². The number of hydrogen-bond acceptors (Lipinski definition) is 3. The summed E-state index contributed by atoms with van der Waals surface area (Å²) in [6.45, 7) is 2.44. The molecule has 0 aromatic heterocycles. The molecule has 0 heterocycles. The van der Waals surface area contributed by atoms with E-state index < -0.39 is 11.7 Å². The molecular weight excluding hydrogens is 275 g/mol. The van der Waals surface area contributed by atoms with E-state index in [2.05, 4.69) is 10.6 Å². The summed E-state index contributed by atoms with van der Waals surface area (Å²) in [7, 11) is 1.38. The zero-order valence-corrected chi connectivity index (χ0v) is 12.1. The van der Waals surface area contributed by atoms with E-state index in [9.17, 15) is 14.0 Å². The molecular formula is C15H19FN2O3. The van der Waals surface area contributed by atoms with E-state index in [0.29, 0.717) is 12.1 Å². The van der Waals surface area contributed by atoms with Gasteiger partial charge >= 0.3 is 0 Å². The average Bonchev–Trinajstić information content (AvgIpc) is 2.48. The molecule has 5 nitrogen and oxygen atoms in total. The van der Waals surface area contributed by atoms with Gasteiger partial charge in [0, 0.05) is 12.6 Å². The fourth-order valence-corrected chi connectivity index (χ4v) is 1.51. The fraction of sp³-hybridized carbons (Fsp3) is 0.333. The van der Waals surface area contributed by atoms with Crippen LogP contribution in [-0.2, 0) is 9.59 Å². The predicted octanol–water partition coefficient (Wildman–Crippen LogP) is 1.49. The van der Waals surface area contributed by atoms with E-state index in [0.717, 1.165) is 6.42 Å². The van der Waals surface area contributed by atoms with Crippen molar-refractivity contribution in [1.82, 2.24) is 10.6 Å². The highest BCUT2D eigenvalue weighted by atomic mass is 19.1. The minimum Gasteiger partial charge on any atom is -0.494 e. The van der Waals surface area contributed by atoms with Crippen molar-refractivity contribution in [3.63, 3.8) is 0 Å². The molecule has 0 fully saturated rings. The van der Waals surface area contributed by atoms with Gasteiger partial charge in [-0.25, -0.2) is 4.39 Å². The van der Waals surface area contributed by atoms with Crippen molar-refractivity contribution in [2.45, 2.75) is 13.3 Å². The van der Waals surface area contributed by atoms with Crippen molar-refractivity contribution >= 4 is 17.9 Å². The lowest BCUT2D eigenvalue weighted by Gasteiger charge is -2.04. The summed E-state index contributed by atoms with van der Waals surface area (Å²) >= 11 is 0. The number of methoxy groups -OCH3 is 1. The molecule has 0 radical (unpaired) electrons. The van der Waals surface area contributed by atoms with Crippen molar-refractivity contribution < 1.29 is 18.7 Å². The third-order valence-electron chi connectivity index (χ3n) is 2.60. The van der Waals surface area contributed by atoms with Crippen LogP contribution in [-0.4, -0.2) is 32.0 Å². The van der Waals surface area contributed by atoms with E-state index in [1.165, 1.54) is 31.4 Å². The first-order chi connectivity index (χ1) is 10.1. The maximum absolute atomic E-state index is 13.4. The molecule has 0 spiro atoms. The average molecular weight is 294 g/mol. The molecule has 114 valence electrons. The second-order valence-corrected chi connectivity index (χ2v) is 4.30. The van der Waals surface area contributed by atoms with Crippen molar-refractivity contribution in [3.05, 3.63) is 35.7 Å². The van der Waals surface area contributed by atoms with Crippen LogP contribution in [0.1, 0.15) is 18.9 Å². The summed E-state index contributed by atoms with van der Waals surface area (Å²) < 4.78 is 18.2. The van der Waals surface area contributed by atoms with Crippen molar-refractivity contribution in [2.24, 2.45) is 0 Å². The van der Waals surface area contributed by atoms with Crippen LogP contribution in [0, 0.1) is 5.82 Å². The summed E-state index contributed by atoms with van der Waals surface area (Å²) in [5.41, 5.74) is 0.527. The number of carbonyl (C=O) groups excluding carboxylic acids is 2. The van der Waals surface area contributed by atoms with Gasteiger partial charge in [-0.05, 0) is 30.2 Å². The van der Waals surface area contributed by atoms with Crippen molar-refractivity contribution in [2.75, 3.05) is 20.2 Å². The molecule has 0 unspecified atom stereocenters. The molecule has 0 aliphatic rings. The minimum atomic E-state index is -0.501. The number of ether oxygens (including phenoxy) is 1. The number of benzene rings is 1. The first kappa shape index (κ1) is 16.7. The summed E-state index contributed by atoms with van der Waals surface area (Å²) in [4.78, 5) is 22.8. The van der Waals surface area contributed by atoms with Crippen LogP contribution in [0.4, 0.5) is 4.39 Å². The standard InChI is InChI=1S/C15H19FN2O3/c1-3-8-17-15(20)10-18-14(19)7-5-11-4-6-13(21-2)12(16)9-11/h4-7,9H,3,8,10H2,1-2H3,(H,17,20)(H,18,19)/b7-5+. The number of hydrogen-bond donors (Lipinski definition) is 2. The second-order valence-electron chi connectivity index (χ2n) is 4.30. The van der Waals surface area contributed by atoms with Crippen LogP contribution < -0.4 is 15.4 Å². The van der Waals surface area contributed by atoms with Gasteiger partial charge < -0.3 is 15.4 Å². The van der Waals surface area contributed by atoms with Gasteiger partial charge in [0.2, 0.25) is 11.8 Å². The van der Waals surface area contributed by atoms with Gasteiger partial charge in [0.15, 0.2) is 11.6 Å². The predicted molar refractivity (Wildman–Crippen MR) is 78.3 cm³/mol. The van der Waals surface area contributed by atoms with Crippen LogP contribution in [0.15, 0.2) is 24.3 Å². The molecule has 6 heteroatoms. The summed E-state index contributed by atoms with van der Waals surface area (Å²) in [6, 6.07) is 4.36. The number of carbonyl (C=O) groups is 2. The Morgan fingerprint density at radius 1 is 1.33 bits per heavy atom. The number of amides is 2. The van der Waals surface area contributed by atoms with Gasteiger partial charge in [0.05, 0.1) is 13.7 Å². The van der Waals surface area contributed by atoms with E-state index in [1.54, 1.807) is 6.07 Å². The molecule has 1 aromatic carbocycles.